The van der Waals surface area contributed by atoms with Gasteiger partial charge < -0.3 is 19.5 Å². The molecule has 32 heavy (non-hydrogen) atoms. The van der Waals surface area contributed by atoms with Gasteiger partial charge in [-0.1, -0.05) is 12.1 Å². The number of sulfonamides is 1. The molecule has 0 aliphatic carbocycles. The van der Waals surface area contributed by atoms with E-state index >= 15 is 0 Å². The molecule has 2 aromatic rings. The average Bonchev–Trinajstić information content (AvgIpc) is 2.83. The van der Waals surface area contributed by atoms with Crippen molar-refractivity contribution in [3.05, 3.63) is 48.0 Å². The van der Waals surface area contributed by atoms with E-state index in [2.05, 4.69) is 5.32 Å². The summed E-state index contributed by atoms with van der Waals surface area (Å²) in [4.78, 5) is 24.7. The summed E-state index contributed by atoms with van der Waals surface area (Å²) in [5, 5.41) is 2.85. The summed E-state index contributed by atoms with van der Waals surface area (Å²) in [5.74, 6) is -0.209. The molecule has 0 saturated carbocycles. The van der Waals surface area contributed by atoms with Crippen LogP contribution in [-0.4, -0.2) is 59.0 Å². The minimum absolute atomic E-state index is 0.0125. The molecule has 0 radical (unpaired) electrons. The third-order valence-corrected chi connectivity index (χ3v) is 7.36. The lowest BCUT2D eigenvalue weighted by Crippen LogP contribution is -2.41. The zero-order valence-corrected chi connectivity index (χ0v) is 19.0. The van der Waals surface area contributed by atoms with Crippen LogP contribution in [0.15, 0.2) is 47.4 Å². The number of carbonyl (C=O) groups is 2. The maximum absolute atomic E-state index is 13.1. The lowest BCUT2D eigenvalue weighted by atomic mass is 9.97. The zero-order chi connectivity index (χ0) is 23.3. The van der Waals surface area contributed by atoms with E-state index in [9.17, 15) is 18.0 Å². The molecular formula is C22H26N2O7S. The van der Waals surface area contributed by atoms with Crippen molar-refractivity contribution in [2.75, 3.05) is 39.7 Å². The number of amides is 1. The molecule has 172 valence electrons. The van der Waals surface area contributed by atoms with Gasteiger partial charge in [0.1, 0.15) is 11.5 Å². The minimum atomic E-state index is -3.91. The van der Waals surface area contributed by atoms with E-state index in [-0.39, 0.29) is 35.4 Å². The Hall–Kier alpha value is -3.11. The quantitative estimate of drug-likeness (QED) is 0.630. The Morgan fingerprint density at radius 1 is 1.00 bits per heavy atom. The number of hydrogen-bond acceptors (Lipinski definition) is 7. The van der Waals surface area contributed by atoms with Gasteiger partial charge in [0.15, 0.2) is 0 Å². The largest absolute Gasteiger partial charge is 0.497 e. The zero-order valence-electron chi connectivity index (χ0n) is 18.2. The molecule has 3 rings (SSSR count). The van der Waals surface area contributed by atoms with Crippen molar-refractivity contribution < 1.29 is 32.2 Å². The Balaban J connectivity index is 1.69. The van der Waals surface area contributed by atoms with Gasteiger partial charge in [-0.2, -0.15) is 4.31 Å². The molecule has 9 nitrogen and oxygen atoms in total. The first-order chi connectivity index (χ1) is 15.3. The van der Waals surface area contributed by atoms with Gasteiger partial charge in [-0.3, -0.25) is 4.79 Å². The molecule has 1 aliphatic heterocycles. The first-order valence-corrected chi connectivity index (χ1v) is 11.5. The van der Waals surface area contributed by atoms with E-state index in [1.165, 1.54) is 30.7 Å². The molecule has 0 spiro atoms. The summed E-state index contributed by atoms with van der Waals surface area (Å²) < 4.78 is 42.7. The Kier molecular flexibility index (Phi) is 7.37. The van der Waals surface area contributed by atoms with Crippen molar-refractivity contribution in [1.82, 2.24) is 4.31 Å². The smallest absolute Gasteiger partial charge is 0.339 e. The Labute approximate surface area is 187 Å². The SMILES string of the molecule is COC(=O)c1ccccc1S(=O)(=O)N1CCC(C(=O)Nc2ccc(OC)cc2OC)CC1. The highest BCUT2D eigenvalue weighted by molar-refractivity contribution is 7.89. The summed E-state index contributed by atoms with van der Waals surface area (Å²) in [6, 6.07) is 11.0. The molecule has 1 amide bonds. The van der Waals surface area contributed by atoms with Crippen LogP contribution in [0.25, 0.3) is 0 Å². The van der Waals surface area contributed by atoms with Crippen molar-refractivity contribution >= 4 is 27.6 Å². The summed E-state index contributed by atoms with van der Waals surface area (Å²) in [6.45, 7) is 0.325. The molecule has 0 atom stereocenters. The Bertz CT molecular complexity index is 1090. The maximum atomic E-state index is 13.1. The minimum Gasteiger partial charge on any atom is -0.497 e. The van der Waals surface area contributed by atoms with Gasteiger partial charge in [-0.15, -0.1) is 0 Å². The van der Waals surface area contributed by atoms with Gasteiger partial charge >= 0.3 is 5.97 Å². The summed E-state index contributed by atoms with van der Waals surface area (Å²) in [6.07, 6.45) is 0.702. The van der Waals surface area contributed by atoms with Crippen LogP contribution in [0.2, 0.25) is 0 Å². The highest BCUT2D eigenvalue weighted by atomic mass is 32.2. The van der Waals surface area contributed by atoms with E-state index in [4.69, 9.17) is 14.2 Å². The van der Waals surface area contributed by atoms with Gasteiger partial charge in [0.25, 0.3) is 0 Å². The number of carbonyl (C=O) groups excluding carboxylic acids is 2. The lowest BCUT2D eigenvalue weighted by Gasteiger charge is -2.31. The second-order valence-electron chi connectivity index (χ2n) is 7.22. The van der Waals surface area contributed by atoms with Crippen LogP contribution in [0.5, 0.6) is 11.5 Å². The average molecular weight is 463 g/mol. The van der Waals surface area contributed by atoms with Crippen LogP contribution < -0.4 is 14.8 Å². The number of rotatable bonds is 7. The van der Waals surface area contributed by atoms with Crippen molar-refractivity contribution in [1.29, 1.82) is 0 Å². The van der Waals surface area contributed by atoms with Crippen LogP contribution >= 0.6 is 0 Å². The van der Waals surface area contributed by atoms with Crippen molar-refractivity contribution in [2.24, 2.45) is 5.92 Å². The van der Waals surface area contributed by atoms with E-state index in [1.54, 1.807) is 37.4 Å². The van der Waals surface area contributed by atoms with Gasteiger partial charge in [0.2, 0.25) is 15.9 Å². The van der Waals surface area contributed by atoms with Crippen LogP contribution in [0.3, 0.4) is 0 Å². The molecule has 1 aliphatic rings. The number of methoxy groups -OCH3 is 3. The highest BCUT2D eigenvalue weighted by Crippen LogP contribution is 2.31. The molecule has 0 bridgehead atoms. The summed E-state index contributed by atoms with van der Waals surface area (Å²) in [7, 11) is 0.335. The van der Waals surface area contributed by atoms with Gasteiger partial charge in [-0.05, 0) is 37.1 Å². The van der Waals surface area contributed by atoms with Crippen LogP contribution in [0.4, 0.5) is 5.69 Å². The standard InChI is InChI=1S/C22H26N2O7S/c1-29-16-8-9-18(19(14-16)30-2)23-21(25)15-10-12-24(13-11-15)32(27,28)20-7-5-4-6-17(20)22(26)31-3/h4-9,14-15H,10-13H2,1-3H3,(H,23,25). The Morgan fingerprint density at radius 2 is 1.69 bits per heavy atom. The molecular weight excluding hydrogens is 436 g/mol. The lowest BCUT2D eigenvalue weighted by molar-refractivity contribution is -0.120. The highest BCUT2D eigenvalue weighted by Gasteiger charge is 2.34. The third-order valence-electron chi connectivity index (χ3n) is 5.40. The molecule has 1 fully saturated rings. The molecule has 1 saturated heterocycles. The monoisotopic (exact) mass is 462 g/mol. The first kappa shape index (κ1) is 23.6. The van der Waals surface area contributed by atoms with Crippen LogP contribution in [0, 0.1) is 5.92 Å². The van der Waals surface area contributed by atoms with E-state index in [0.29, 0.717) is 30.0 Å². The number of esters is 1. The van der Waals surface area contributed by atoms with Gasteiger partial charge in [0, 0.05) is 25.1 Å². The number of hydrogen-bond donors (Lipinski definition) is 1. The number of nitrogens with zero attached hydrogens (tertiary/aromatic N) is 1. The number of piperidine rings is 1. The topological polar surface area (TPSA) is 111 Å². The second-order valence-corrected chi connectivity index (χ2v) is 9.13. The molecule has 2 aromatic carbocycles. The number of benzene rings is 2. The van der Waals surface area contributed by atoms with Crippen LogP contribution in [-0.2, 0) is 19.6 Å². The van der Waals surface area contributed by atoms with Gasteiger partial charge in [-0.25, -0.2) is 13.2 Å². The first-order valence-electron chi connectivity index (χ1n) is 10.0. The fourth-order valence-corrected chi connectivity index (χ4v) is 5.25. The summed E-state index contributed by atoms with van der Waals surface area (Å²) in [5.41, 5.74) is 0.502. The fraction of sp³-hybridized carbons (Fsp3) is 0.364. The molecule has 1 N–H and O–H groups in total. The van der Waals surface area contributed by atoms with Gasteiger partial charge in [0.05, 0.1) is 37.5 Å². The molecule has 0 unspecified atom stereocenters. The third kappa shape index (κ3) is 4.86. The maximum Gasteiger partial charge on any atom is 0.339 e. The van der Waals surface area contributed by atoms with Crippen molar-refractivity contribution in [3.8, 4) is 11.5 Å². The Morgan fingerprint density at radius 3 is 2.31 bits per heavy atom. The van der Waals surface area contributed by atoms with Crippen molar-refractivity contribution in [2.45, 2.75) is 17.7 Å². The molecule has 10 heteroatoms. The normalized spacial score (nSPS) is 15.1. The number of ether oxygens (including phenoxy) is 3. The van der Waals surface area contributed by atoms with E-state index in [1.807, 2.05) is 0 Å². The second kappa shape index (κ2) is 10.0. The number of anilines is 1. The van der Waals surface area contributed by atoms with E-state index in [0.717, 1.165) is 0 Å². The summed E-state index contributed by atoms with van der Waals surface area (Å²) >= 11 is 0. The van der Waals surface area contributed by atoms with Crippen LogP contribution in [0.1, 0.15) is 23.2 Å². The van der Waals surface area contributed by atoms with E-state index < -0.39 is 16.0 Å². The molecule has 0 aromatic heterocycles. The predicted octanol–water partition coefficient (Wildman–Crippen LogP) is 2.53. The predicted molar refractivity (Wildman–Crippen MR) is 117 cm³/mol. The number of nitrogens with one attached hydrogen (secondary N) is 1. The fourth-order valence-electron chi connectivity index (χ4n) is 3.60. The molecule has 1 heterocycles. The van der Waals surface area contributed by atoms with Crippen molar-refractivity contribution in [3.63, 3.8) is 0 Å².